The Morgan fingerprint density at radius 3 is 2.75 bits per heavy atom. The quantitative estimate of drug-likeness (QED) is 0.678. The average molecular weight is 384 g/mol. The van der Waals surface area contributed by atoms with Crippen molar-refractivity contribution in [2.75, 3.05) is 6.61 Å². The number of fused-ring (bicyclic) bond motifs is 1. The predicted molar refractivity (Wildman–Crippen MR) is 104 cm³/mol. The minimum absolute atomic E-state index is 0.224. The number of aliphatic hydroxyl groups excluding tert-OH is 2. The standard InChI is InChI=1S/C21H24N2O5/c1-2-3-4-13-5-7-14(8-6-13)17-9-15-11-23(21(26)22-20(15)28-17)19-10-16(25)18(12-24)27-19/h5-9,11,16,18-19,24-25H,2-4,10,12H2,1H3/t16-,18+,19+/m0/s1. The van der Waals surface area contributed by atoms with E-state index in [0.29, 0.717) is 11.1 Å². The Hall–Kier alpha value is -2.48. The number of unbranched alkanes of at least 4 members (excludes halogenated alkanes) is 1. The van der Waals surface area contributed by atoms with E-state index in [1.54, 1.807) is 6.20 Å². The van der Waals surface area contributed by atoms with Gasteiger partial charge in [-0.3, -0.25) is 4.57 Å². The van der Waals surface area contributed by atoms with Gasteiger partial charge in [0.05, 0.1) is 18.1 Å². The van der Waals surface area contributed by atoms with Crippen molar-refractivity contribution in [3.63, 3.8) is 0 Å². The van der Waals surface area contributed by atoms with E-state index in [0.717, 1.165) is 24.8 Å². The van der Waals surface area contributed by atoms with Crippen LogP contribution in [0, 0.1) is 0 Å². The second kappa shape index (κ2) is 7.87. The molecule has 3 aromatic rings. The zero-order valence-electron chi connectivity index (χ0n) is 15.7. The largest absolute Gasteiger partial charge is 0.437 e. The molecule has 0 radical (unpaired) electrons. The molecule has 0 saturated carbocycles. The van der Waals surface area contributed by atoms with Crippen LogP contribution in [0.2, 0.25) is 0 Å². The van der Waals surface area contributed by atoms with Crippen LogP contribution in [0.25, 0.3) is 22.4 Å². The number of ether oxygens (including phenoxy) is 1. The monoisotopic (exact) mass is 384 g/mol. The van der Waals surface area contributed by atoms with Gasteiger partial charge in [0.25, 0.3) is 0 Å². The smallest absolute Gasteiger partial charge is 0.353 e. The highest BCUT2D eigenvalue weighted by Gasteiger charge is 2.35. The molecule has 0 aliphatic carbocycles. The second-order valence-electron chi connectivity index (χ2n) is 7.22. The lowest BCUT2D eigenvalue weighted by molar-refractivity contribution is -0.0457. The van der Waals surface area contributed by atoms with E-state index in [-0.39, 0.29) is 18.7 Å². The van der Waals surface area contributed by atoms with Gasteiger partial charge >= 0.3 is 5.69 Å². The summed E-state index contributed by atoms with van der Waals surface area (Å²) in [5, 5.41) is 19.8. The van der Waals surface area contributed by atoms with Crippen molar-refractivity contribution in [3.05, 3.63) is 52.6 Å². The minimum Gasteiger partial charge on any atom is -0.437 e. The molecular formula is C21H24N2O5. The third-order valence-electron chi connectivity index (χ3n) is 5.19. The fraction of sp³-hybridized carbons (Fsp3) is 0.429. The molecule has 7 heteroatoms. The van der Waals surface area contributed by atoms with Crippen molar-refractivity contribution in [1.29, 1.82) is 0 Å². The van der Waals surface area contributed by atoms with E-state index in [9.17, 15) is 15.0 Å². The molecule has 0 bridgehead atoms. The highest BCUT2D eigenvalue weighted by Crippen LogP contribution is 2.30. The highest BCUT2D eigenvalue weighted by molar-refractivity contribution is 5.79. The second-order valence-corrected chi connectivity index (χ2v) is 7.22. The van der Waals surface area contributed by atoms with E-state index < -0.39 is 24.1 Å². The number of hydrogen-bond donors (Lipinski definition) is 2. The maximum Gasteiger partial charge on any atom is 0.353 e. The van der Waals surface area contributed by atoms with Gasteiger partial charge in [-0.2, -0.15) is 4.98 Å². The Morgan fingerprint density at radius 1 is 1.29 bits per heavy atom. The molecule has 0 unspecified atom stereocenters. The molecule has 3 atom stereocenters. The van der Waals surface area contributed by atoms with E-state index >= 15 is 0 Å². The molecule has 7 nitrogen and oxygen atoms in total. The molecule has 1 aliphatic rings. The van der Waals surface area contributed by atoms with Gasteiger partial charge in [-0.25, -0.2) is 4.79 Å². The van der Waals surface area contributed by atoms with Crippen molar-refractivity contribution in [2.24, 2.45) is 0 Å². The fourth-order valence-corrected chi connectivity index (χ4v) is 3.54. The summed E-state index contributed by atoms with van der Waals surface area (Å²) in [6.45, 7) is 1.87. The van der Waals surface area contributed by atoms with Crippen LogP contribution in [0.5, 0.6) is 0 Å². The zero-order chi connectivity index (χ0) is 19.7. The summed E-state index contributed by atoms with van der Waals surface area (Å²) < 4.78 is 12.7. The van der Waals surface area contributed by atoms with Crippen LogP contribution in [0.1, 0.15) is 38.0 Å². The predicted octanol–water partition coefficient (Wildman–Crippen LogP) is 2.64. The van der Waals surface area contributed by atoms with Crippen molar-refractivity contribution in [3.8, 4) is 11.3 Å². The van der Waals surface area contributed by atoms with Crippen LogP contribution in [0.15, 0.2) is 45.7 Å². The topological polar surface area (TPSA) is 97.7 Å². The number of hydrogen-bond acceptors (Lipinski definition) is 6. The Kier molecular flexibility index (Phi) is 5.30. The number of aliphatic hydroxyl groups is 2. The summed E-state index contributed by atoms with van der Waals surface area (Å²) in [5.74, 6) is 0.641. The van der Waals surface area contributed by atoms with E-state index in [1.165, 1.54) is 10.1 Å². The van der Waals surface area contributed by atoms with Gasteiger partial charge in [0.2, 0.25) is 5.71 Å². The number of furan rings is 1. The van der Waals surface area contributed by atoms with E-state index in [1.807, 2.05) is 18.2 Å². The molecule has 3 heterocycles. The highest BCUT2D eigenvalue weighted by atomic mass is 16.5. The lowest BCUT2D eigenvalue weighted by atomic mass is 10.1. The number of rotatable bonds is 6. The Bertz CT molecular complexity index is 1010. The molecule has 28 heavy (non-hydrogen) atoms. The first kappa shape index (κ1) is 18.9. The van der Waals surface area contributed by atoms with Crippen LogP contribution in [-0.4, -0.2) is 38.6 Å². The van der Waals surface area contributed by atoms with Gasteiger partial charge < -0.3 is 19.4 Å². The van der Waals surface area contributed by atoms with Crippen LogP contribution in [-0.2, 0) is 11.2 Å². The van der Waals surface area contributed by atoms with Crippen LogP contribution in [0.4, 0.5) is 0 Å². The molecule has 148 valence electrons. The van der Waals surface area contributed by atoms with Crippen molar-refractivity contribution in [2.45, 2.75) is 51.0 Å². The first-order chi connectivity index (χ1) is 13.6. The molecular weight excluding hydrogens is 360 g/mol. The first-order valence-electron chi connectivity index (χ1n) is 9.65. The lowest BCUT2D eigenvalue weighted by Gasteiger charge is -2.13. The van der Waals surface area contributed by atoms with Gasteiger partial charge in [0.1, 0.15) is 18.1 Å². The van der Waals surface area contributed by atoms with E-state index in [4.69, 9.17) is 9.15 Å². The molecule has 2 N–H and O–H groups in total. The summed E-state index contributed by atoms with van der Waals surface area (Å²) in [6.07, 6.45) is 3.06. The summed E-state index contributed by atoms with van der Waals surface area (Å²) in [4.78, 5) is 16.4. The molecule has 4 rings (SSSR count). The van der Waals surface area contributed by atoms with Crippen LogP contribution in [0.3, 0.4) is 0 Å². The molecule has 0 spiro atoms. The summed E-state index contributed by atoms with van der Waals surface area (Å²) >= 11 is 0. The SMILES string of the molecule is CCCCc1ccc(-c2cc3cn([C@H]4C[C@H](O)[C@@H](CO)O4)c(=O)nc3o2)cc1. The molecule has 1 aliphatic heterocycles. The Morgan fingerprint density at radius 2 is 2.07 bits per heavy atom. The maximum absolute atomic E-state index is 12.4. The number of aromatic nitrogens is 2. The first-order valence-corrected chi connectivity index (χ1v) is 9.65. The Labute approximate surface area is 162 Å². The van der Waals surface area contributed by atoms with Crippen molar-refractivity contribution < 1.29 is 19.4 Å². The fourth-order valence-electron chi connectivity index (χ4n) is 3.54. The van der Waals surface area contributed by atoms with Gasteiger partial charge in [-0.1, -0.05) is 37.6 Å². The van der Waals surface area contributed by atoms with Crippen molar-refractivity contribution in [1.82, 2.24) is 9.55 Å². The summed E-state index contributed by atoms with van der Waals surface area (Å²) in [5.41, 5.74) is 1.96. The van der Waals surface area contributed by atoms with Gasteiger partial charge in [0, 0.05) is 18.2 Å². The molecule has 2 aromatic heterocycles. The number of benzene rings is 1. The molecule has 1 aromatic carbocycles. The van der Waals surface area contributed by atoms with Crippen LogP contribution < -0.4 is 5.69 Å². The number of aryl methyl sites for hydroxylation is 1. The van der Waals surface area contributed by atoms with Crippen LogP contribution >= 0.6 is 0 Å². The summed E-state index contributed by atoms with van der Waals surface area (Å²) in [7, 11) is 0. The third kappa shape index (κ3) is 3.61. The van der Waals surface area contributed by atoms with Gasteiger partial charge in [0.15, 0.2) is 0 Å². The maximum atomic E-state index is 12.4. The molecule has 0 amide bonds. The normalized spacial score (nSPS) is 22.2. The van der Waals surface area contributed by atoms with Crippen molar-refractivity contribution >= 4 is 11.1 Å². The Balaban J connectivity index is 1.62. The minimum atomic E-state index is -0.816. The molecule has 1 saturated heterocycles. The van der Waals surface area contributed by atoms with Gasteiger partial charge in [-0.05, 0) is 24.5 Å². The average Bonchev–Trinajstić information content (AvgIpc) is 3.28. The third-order valence-corrected chi connectivity index (χ3v) is 5.19. The van der Waals surface area contributed by atoms with Gasteiger partial charge in [-0.15, -0.1) is 0 Å². The van der Waals surface area contributed by atoms with E-state index in [2.05, 4.69) is 24.0 Å². The zero-order valence-corrected chi connectivity index (χ0v) is 15.7. The molecule has 1 fully saturated rings. The summed E-state index contributed by atoms with van der Waals surface area (Å²) in [6, 6.07) is 10.0. The number of nitrogens with zero attached hydrogens (tertiary/aromatic N) is 2. The lowest BCUT2D eigenvalue weighted by Crippen LogP contribution is -2.27.